The Kier molecular flexibility index (Phi) is 8.12. The Hall–Kier alpha value is 0.01000. The van der Waals surface area contributed by atoms with Crippen molar-refractivity contribution >= 4 is 12.6 Å². The first-order chi connectivity index (χ1) is 5.31. The number of rotatable bonds is 7. The number of hydrogen-bond acceptors (Lipinski definition) is 3. The zero-order chi connectivity index (χ0) is 8.53. The zero-order valence-corrected chi connectivity index (χ0v) is 7.90. The summed E-state index contributed by atoms with van der Waals surface area (Å²) in [4.78, 5) is 0. The van der Waals surface area contributed by atoms with Crippen molar-refractivity contribution in [3.63, 3.8) is 0 Å². The van der Waals surface area contributed by atoms with Crippen molar-refractivity contribution in [2.45, 2.75) is 6.42 Å². The maximum Gasteiger partial charge on any atom is 0.0682 e. The summed E-state index contributed by atoms with van der Waals surface area (Å²) in [6.45, 7) is 5.87. The van der Waals surface area contributed by atoms with Crippen LogP contribution in [0.1, 0.15) is 6.42 Å². The van der Waals surface area contributed by atoms with Crippen molar-refractivity contribution in [3.8, 4) is 0 Å². The van der Waals surface area contributed by atoms with Crippen LogP contribution in [-0.2, 0) is 9.47 Å². The van der Waals surface area contributed by atoms with Gasteiger partial charge in [-0.05, 0) is 12.0 Å². The standard InChI is InChI=1S/C8H16O2S/c1-8(7-11)6-10-5-3-4-9-2/h11H,1,3-7H2,2H3. The lowest BCUT2D eigenvalue weighted by molar-refractivity contribution is 0.117. The topological polar surface area (TPSA) is 18.5 Å². The van der Waals surface area contributed by atoms with Gasteiger partial charge >= 0.3 is 0 Å². The molecule has 0 saturated carbocycles. The molecule has 0 atom stereocenters. The van der Waals surface area contributed by atoms with Gasteiger partial charge < -0.3 is 9.47 Å². The van der Waals surface area contributed by atoms with Gasteiger partial charge in [0, 0.05) is 26.1 Å². The molecule has 2 nitrogen and oxygen atoms in total. The second kappa shape index (κ2) is 8.11. The average molecular weight is 176 g/mol. The Balaban J connectivity index is 2.95. The van der Waals surface area contributed by atoms with Crippen LogP contribution in [0.15, 0.2) is 12.2 Å². The van der Waals surface area contributed by atoms with Crippen molar-refractivity contribution < 1.29 is 9.47 Å². The lowest BCUT2D eigenvalue weighted by atomic mass is 10.4. The first kappa shape index (κ1) is 11.0. The van der Waals surface area contributed by atoms with Gasteiger partial charge in [-0.1, -0.05) is 6.58 Å². The van der Waals surface area contributed by atoms with E-state index in [9.17, 15) is 0 Å². The fraction of sp³-hybridized carbons (Fsp3) is 0.750. The van der Waals surface area contributed by atoms with E-state index in [1.165, 1.54) is 0 Å². The van der Waals surface area contributed by atoms with Gasteiger partial charge in [-0.15, -0.1) is 0 Å². The molecule has 0 saturated heterocycles. The molecule has 0 aromatic rings. The van der Waals surface area contributed by atoms with Gasteiger partial charge in [-0.3, -0.25) is 0 Å². The van der Waals surface area contributed by atoms with Gasteiger partial charge in [0.2, 0.25) is 0 Å². The van der Waals surface area contributed by atoms with Crippen molar-refractivity contribution in [2.75, 3.05) is 32.7 Å². The van der Waals surface area contributed by atoms with Crippen LogP contribution in [-0.4, -0.2) is 32.7 Å². The molecule has 66 valence electrons. The number of ether oxygens (including phenoxy) is 2. The molecular formula is C8H16O2S. The summed E-state index contributed by atoms with van der Waals surface area (Å²) in [5.41, 5.74) is 1.02. The highest BCUT2D eigenvalue weighted by Gasteiger charge is 1.91. The summed E-state index contributed by atoms with van der Waals surface area (Å²) in [6.07, 6.45) is 0.941. The minimum absolute atomic E-state index is 0.618. The summed E-state index contributed by atoms with van der Waals surface area (Å²) in [7, 11) is 1.69. The van der Waals surface area contributed by atoms with Gasteiger partial charge in [-0.2, -0.15) is 12.6 Å². The molecule has 0 aliphatic rings. The van der Waals surface area contributed by atoms with Crippen molar-refractivity contribution in [2.24, 2.45) is 0 Å². The Morgan fingerprint density at radius 1 is 1.45 bits per heavy atom. The first-order valence-corrected chi connectivity index (χ1v) is 4.28. The highest BCUT2D eigenvalue weighted by molar-refractivity contribution is 7.80. The van der Waals surface area contributed by atoms with Crippen molar-refractivity contribution in [3.05, 3.63) is 12.2 Å². The van der Waals surface area contributed by atoms with Gasteiger partial charge in [0.15, 0.2) is 0 Å². The normalized spacial score (nSPS) is 10.0. The van der Waals surface area contributed by atoms with Crippen LogP contribution in [0.2, 0.25) is 0 Å². The van der Waals surface area contributed by atoms with Crippen molar-refractivity contribution in [1.82, 2.24) is 0 Å². The predicted octanol–water partition coefficient (Wildman–Crippen LogP) is 1.53. The molecule has 0 aromatic heterocycles. The molecule has 0 amide bonds. The summed E-state index contributed by atoms with van der Waals surface area (Å²) < 4.78 is 10.1. The second-order valence-electron chi connectivity index (χ2n) is 2.31. The highest BCUT2D eigenvalue weighted by atomic mass is 32.1. The minimum atomic E-state index is 0.618. The lowest BCUT2D eigenvalue weighted by Crippen LogP contribution is -2.02. The van der Waals surface area contributed by atoms with Crippen LogP contribution < -0.4 is 0 Å². The third-order valence-corrected chi connectivity index (χ3v) is 1.61. The van der Waals surface area contributed by atoms with Crippen LogP contribution in [0.25, 0.3) is 0 Å². The molecule has 0 N–H and O–H groups in total. The Morgan fingerprint density at radius 2 is 2.18 bits per heavy atom. The van der Waals surface area contributed by atoms with Gasteiger partial charge in [0.1, 0.15) is 0 Å². The second-order valence-corrected chi connectivity index (χ2v) is 2.62. The summed E-state index contributed by atoms with van der Waals surface area (Å²) in [6, 6.07) is 0. The number of thiol groups is 1. The number of methoxy groups -OCH3 is 1. The maximum atomic E-state index is 5.26. The van der Waals surface area contributed by atoms with E-state index in [-0.39, 0.29) is 0 Å². The minimum Gasteiger partial charge on any atom is -0.385 e. The van der Waals surface area contributed by atoms with Gasteiger partial charge in [-0.25, -0.2) is 0 Å². The zero-order valence-electron chi connectivity index (χ0n) is 7.01. The van der Waals surface area contributed by atoms with Crippen LogP contribution in [0.3, 0.4) is 0 Å². The molecule has 0 radical (unpaired) electrons. The fourth-order valence-electron chi connectivity index (χ4n) is 0.567. The first-order valence-electron chi connectivity index (χ1n) is 3.65. The summed E-state index contributed by atoms with van der Waals surface area (Å²) >= 11 is 4.05. The monoisotopic (exact) mass is 176 g/mol. The molecule has 0 heterocycles. The van der Waals surface area contributed by atoms with E-state index >= 15 is 0 Å². The largest absolute Gasteiger partial charge is 0.385 e. The summed E-state index contributed by atoms with van der Waals surface area (Å²) in [5.74, 6) is 0.699. The van der Waals surface area contributed by atoms with E-state index in [0.29, 0.717) is 12.4 Å². The quantitative estimate of drug-likeness (QED) is 0.360. The molecule has 0 aromatic carbocycles. The highest BCUT2D eigenvalue weighted by Crippen LogP contribution is 1.94. The van der Waals surface area contributed by atoms with Crippen LogP contribution in [0.4, 0.5) is 0 Å². The maximum absolute atomic E-state index is 5.26. The lowest BCUT2D eigenvalue weighted by Gasteiger charge is -2.03. The average Bonchev–Trinajstić information content (AvgIpc) is 2.04. The molecule has 3 heteroatoms. The van der Waals surface area contributed by atoms with Gasteiger partial charge in [0.05, 0.1) is 6.61 Å². The third kappa shape index (κ3) is 7.91. The molecule has 0 aliphatic heterocycles. The Bertz CT molecular complexity index is 104. The molecule has 0 fully saturated rings. The molecule has 0 rings (SSSR count). The molecule has 11 heavy (non-hydrogen) atoms. The summed E-state index contributed by atoms with van der Waals surface area (Å²) in [5, 5.41) is 0. The van der Waals surface area contributed by atoms with E-state index in [1.54, 1.807) is 7.11 Å². The van der Waals surface area contributed by atoms with Crippen LogP contribution in [0.5, 0.6) is 0 Å². The van der Waals surface area contributed by atoms with Gasteiger partial charge in [0.25, 0.3) is 0 Å². The van der Waals surface area contributed by atoms with Crippen LogP contribution in [0, 0.1) is 0 Å². The molecule has 0 unspecified atom stereocenters. The fourth-order valence-corrected chi connectivity index (χ4v) is 0.659. The predicted molar refractivity (Wildman–Crippen MR) is 50.3 cm³/mol. The van der Waals surface area contributed by atoms with E-state index in [2.05, 4.69) is 19.2 Å². The van der Waals surface area contributed by atoms with Crippen LogP contribution >= 0.6 is 12.6 Å². The molecule has 0 aliphatic carbocycles. The number of hydrogen-bond donors (Lipinski definition) is 1. The third-order valence-electron chi connectivity index (χ3n) is 1.17. The molecule has 0 bridgehead atoms. The van der Waals surface area contributed by atoms with E-state index in [1.807, 2.05) is 0 Å². The van der Waals surface area contributed by atoms with E-state index in [0.717, 1.165) is 25.2 Å². The van der Waals surface area contributed by atoms with Crippen molar-refractivity contribution in [1.29, 1.82) is 0 Å². The molecule has 0 spiro atoms. The SMILES string of the molecule is C=C(CS)COCCCOC. The smallest absolute Gasteiger partial charge is 0.0682 e. The molecular weight excluding hydrogens is 160 g/mol. The van der Waals surface area contributed by atoms with E-state index in [4.69, 9.17) is 9.47 Å². The Morgan fingerprint density at radius 3 is 2.73 bits per heavy atom. The van der Waals surface area contributed by atoms with E-state index < -0.39 is 0 Å². The Labute approximate surface area is 74.0 Å².